The quantitative estimate of drug-likeness (QED) is 0.272. The van der Waals surface area contributed by atoms with Gasteiger partial charge in [-0.1, -0.05) is 78.9 Å². The number of anilines is 1. The molecule has 0 aliphatic heterocycles. The topological polar surface area (TPSA) is 86.8 Å². The maximum absolute atomic E-state index is 14.2. The lowest BCUT2D eigenvalue weighted by atomic mass is 10.1. The molecule has 2 amide bonds. The highest BCUT2D eigenvalue weighted by Gasteiger charge is 2.34. The van der Waals surface area contributed by atoms with Crippen molar-refractivity contribution in [3.05, 3.63) is 94.0 Å². The first kappa shape index (κ1) is 30.9. The minimum Gasteiger partial charge on any atom is -0.352 e. The summed E-state index contributed by atoms with van der Waals surface area (Å²) in [4.78, 5) is 29.2. The molecule has 1 N–H and O–H groups in total. The van der Waals surface area contributed by atoms with E-state index in [1.165, 1.54) is 17.0 Å². The van der Waals surface area contributed by atoms with Gasteiger partial charge in [0.25, 0.3) is 10.0 Å². The summed E-state index contributed by atoms with van der Waals surface area (Å²) in [5.74, 6) is -0.775. The second-order valence-electron chi connectivity index (χ2n) is 10.3. The number of aryl methyl sites for hydroxylation is 1. The predicted molar refractivity (Wildman–Crippen MR) is 164 cm³/mol. The summed E-state index contributed by atoms with van der Waals surface area (Å²) in [5, 5.41) is 4.00. The van der Waals surface area contributed by atoms with Crippen LogP contribution in [-0.4, -0.2) is 43.8 Å². The molecule has 1 atom stereocenters. The van der Waals surface area contributed by atoms with Gasteiger partial charge in [0, 0.05) is 22.6 Å². The highest BCUT2D eigenvalue weighted by molar-refractivity contribution is 7.92. The van der Waals surface area contributed by atoms with E-state index in [4.69, 9.17) is 23.2 Å². The molecule has 0 heterocycles. The number of hydrogen-bond donors (Lipinski definition) is 1. The average Bonchev–Trinajstić information content (AvgIpc) is 3.46. The molecule has 0 aromatic heterocycles. The van der Waals surface area contributed by atoms with Crippen LogP contribution in [0.5, 0.6) is 0 Å². The molecule has 7 nitrogen and oxygen atoms in total. The molecule has 10 heteroatoms. The van der Waals surface area contributed by atoms with Gasteiger partial charge in [-0.3, -0.25) is 13.9 Å². The van der Waals surface area contributed by atoms with Gasteiger partial charge in [-0.25, -0.2) is 8.42 Å². The van der Waals surface area contributed by atoms with Crippen molar-refractivity contribution in [2.75, 3.05) is 10.8 Å². The summed E-state index contributed by atoms with van der Waals surface area (Å²) in [6.45, 7) is 3.24. The number of benzene rings is 3. The van der Waals surface area contributed by atoms with Gasteiger partial charge >= 0.3 is 0 Å². The third-order valence-electron chi connectivity index (χ3n) is 7.39. The van der Waals surface area contributed by atoms with E-state index in [2.05, 4.69) is 5.32 Å². The molecule has 3 aromatic rings. The van der Waals surface area contributed by atoms with Crippen LogP contribution < -0.4 is 9.62 Å². The number of carbonyl (C=O) groups is 2. The highest BCUT2D eigenvalue weighted by Crippen LogP contribution is 2.27. The molecule has 0 radical (unpaired) electrons. The molecule has 1 fully saturated rings. The van der Waals surface area contributed by atoms with E-state index in [9.17, 15) is 18.0 Å². The zero-order valence-electron chi connectivity index (χ0n) is 23.2. The summed E-state index contributed by atoms with van der Waals surface area (Å²) >= 11 is 12.6. The van der Waals surface area contributed by atoms with Gasteiger partial charge in [-0.15, -0.1) is 0 Å². The first-order valence-corrected chi connectivity index (χ1v) is 16.0. The van der Waals surface area contributed by atoms with E-state index in [1.807, 2.05) is 19.9 Å². The van der Waals surface area contributed by atoms with Crippen LogP contribution in [0.3, 0.4) is 0 Å². The molecular formula is C31H35Cl2N3O4S. The number of carbonyl (C=O) groups excluding carboxylic acids is 2. The smallest absolute Gasteiger partial charge is 0.264 e. The first-order valence-electron chi connectivity index (χ1n) is 13.8. The Bertz CT molecular complexity index is 1460. The van der Waals surface area contributed by atoms with Crippen molar-refractivity contribution in [1.82, 2.24) is 10.2 Å². The Morgan fingerprint density at radius 2 is 1.59 bits per heavy atom. The Labute approximate surface area is 252 Å². The van der Waals surface area contributed by atoms with Gasteiger partial charge in [0.15, 0.2) is 0 Å². The van der Waals surface area contributed by atoms with Gasteiger partial charge in [0.2, 0.25) is 11.8 Å². The molecule has 3 aromatic carbocycles. The Morgan fingerprint density at radius 3 is 2.20 bits per heavy atom. The molecule has 1 aliphatic rings. The van der Waals surface area contributed by atoms with Gasteiger partial charge in [0.1, 0.15) is 12.6 Å². The van der Waals surface area contributed by atoms with Crippen LogP contribution in [-0.2, 0) is 26.2 Å². The lowest BCUT2D eigenvalue weighted by Gasteiger charge is -2.34. The Hall–Kier alpha value is -3.07. The van der Waals surface area contributed by atoms with E-state index >= 15 is 0 Å². The van der Waals surface area contributed by atoms with Crippen LogP contribution in [0.1, 0.15) is 50.2 Å². The van der Waals surface area contributed by atoms with Crippen molar-refractivity contribution in [3.8, 4) is 0 Å². The van der Waals surface area contributed by atoms with Crippen LogP contribution in [0.25, 0.3) is 0 Å². The van der Waals surface area contributed by atoms with Crippen molar-refractivity contribution in [3.63, 3.8) is 0 Å². The lowest BCUT2D eigenvalue weighted by Crippen LogP contribution is -2.53. The van der Waals surface area contributed by atoms with Crippen LogP contribution >= 0.6 is 23.2 Å². The lowest BCUT2D eigenvalue weighted by molar-refractivity contribution is -0.140. The van der Waals surface area contributed by atoms with Crippen molar-refractivity contribution in [1.29, 1.82) is 0 Å². The summed E-state index contributed by atoms with van der Waals surface area (Å²) in [7, 11) is -4.15. The Morgan fingerprint density at radius 1 is 0.951 bits per heavy atom. The molecule has 0 saturated heterocycles. The monoisotopic (exact) mass is 615 g/mol. The summed E-state index contributed by atoms with van der Waals surface area (Å²) in [5.41, 5.74) is 1.85. The minimum absolute atomic E-state index is 0.0497. The molecule has 1 saturated carbocycles. The fourth-order valence-electron chi connectivity index (χ4n) is 5.07. The predicted octanol–water partition coefficient (Wildman–Crippen LogP) is 6.36. The average molecular weight is 617 g/mol. The molecule has 1 aliphatic carbocycles. The molecular weight excluding hydrogens is 581 g/mol. The van der Waals surface area contributed by atoms with Crippen LogP contribution in [0, 0.1) is 6.92 Å². The second-order valence-corrected chi connectivity index (χ2v) is 13.0. The van der Waals surface area contributed by atoms with Gasteiger partial charge in [0.05, 0.1) is 10.6 Å². The maximum atomic E-state index is 14.2. The Balaban J connectivity index is 1.72. The molecule has 0 bridgehead atoms. The fourth-order valence-corrected chi connectivity index (χ4v) is 6.81. The normalized spacial score (nSPS) is 14.4. The number of nitrogens with one attached hydrogen (secondary N) is 1. The maximum Gasteiger partial charge on any atom is 0.264 e. The third-order valence-corrected chi connectivity index (χ3v) is 9.80. The zero-order chi connectivity index (χ0) is 29.6. The molecule has 4 rings (SSSR count). The number of halogens is 2. The number of rotatable bonds is 11. The summed E-state index contributed by atoms with van der Waals surface area (Å²) in [6.07, 6.45) is 4.26. The highest BCUT2D eigenvalue weighted by atomic mass is 35.5. The summed E-state index contributed by atoms with van der Waals surface area (Å²) in [6, 6.07) is 19.1. The van der Waals surface area contributed by atoms with Crippen LogP contribution in [0.4, 0.5) is 5.69 Å². The largest absolute Gasteiger partial charge is 0.352 e. The van der Waals surface area contributed by atoms with Gasteiger partial charge in [-0.05, 0) is 74.2 Å². The van der Waals surface area contributed by atoms with Crippen molar-refractivity contribution in [2.24, 2.45) is 0 Å². The number of sulfonamides is 1. The van der Waals surface area contributed by atoms with Gasteiger partial charge < -0.3 is 10.2 Å². The van der Waals surface area contributed by atoms with Gasteiger partial charge in [-0.2, -0.15) is 0 Å². The zero-order valence-corrected chi connectivity index (χ0v) is 25.6. The molecule has 0 unspecified atom stereocenters. The second kappa shape index (κ2) is 13.7. The SMILES string of the molecule is CC[C@H](C(=O)NC1CCCC1)N(Cc1ccccc1Cl)C(=O)CN(c1ccc(Cl)cc1)S(=O)(=O)c1ccc(C)cc1. The van der Waals surface area contributed by atoms with E-state index in [0.29, 0.717) is 22.0 Å². The van der Waals surface area contributed by atoms with Crippen molar-refractivity contribution < 1.29 is 18.0 Å². The van der Waals surface area contributed by atoms with Crippen LogP contribution in [0.15, 0.2) is 77.7 Å². The molecule has 41 heavy (non-hydrogen) atoms. The van der Waals surface area contributed by atoms with E-state index < -0.39 is 28.5 Å². The Kier molecular flexibility index (Phi) is 10.3. The standard InChI is InChI=1S/C31H35Cl2N3O4S/c1-3-29(31(38)34-25-9-5-6-10-25)35(20-23-8-4-7-11-28(23)33)30(37)21-36(26-16-14-24(32)15-17-26)41(39,40)27-18-12-22(2)13-19-27/h4,7-8,11-19,25,29H,3,5-6,9-10,20-21H2,1-2H3,(H,34,38)/t29-/m1/s1. The molecule has 0 spiro atoms. The summed E-state index contributed by atoms with van der Waals surface area (Å²) < 4.78 is 28.9. The minimum atomic E-state index is -4.15. The van der Waals surface area contributed by atoms with E-state index in [0.717, 1.165) is 35.6 Å². The van der Waals surface area contributed by atoms with E-state index in [-0.39, 0.29) is 29.1 Å². The fraction of sp³-hybridized carbons (Fsp3) is 0.355. The number of nitrogens with zero attached hydrogens (tertiary/aromatic N) is 2. The number of hydrogen-bond acceptors (Lipinski definition) is 4. The van der Waals surface area contributed by atoms with Crippen molar-refractivity contribution >= 4 is 50.7 Å². The van der Waals surface area contributed by atoms with E-state index in [1.54, 1.807) is 54.6 Å². The molecule has 218 valence electrons. The third kappa shape index (κ3) is 7.61. The van der Waals surface area contributed by atoms with Crippen LogP contribution in [0.2, 0.25) is 10.0 Å². The van der Waals surface area contributed by atoms with Crippen molar-refractivity contribution in [2.45, 2.75) is 69.5 Å². The first-order chi connectivity index (χ1) is 19.6. The number of amides is 2.